The number of carbonyl (C=O) groups excluding carboxylic acids is 2. The van der Waals surface area contributed by atoms with E-state index >= 15 is 0 Å². The van der Waals surface area contributed by atoms with Crippen molar-refractivity contribution >= 4 is 11.9 Å². The summed E-state index contributed by atoms with van der Waals surface area (Å²) < 4.78 is 19.1. The zero-order valence-electron chi connectivity index (χ0n) is 16.0. The molecule has 2 rings (SSSR count). The SMILES string of the molecule is CCC1ONCC1c1cc(F)cc(C(=O)NC[C@@H](N)C(=O)OCC(C)C)c1. The molecule has 1 amide bonds. The molecule has 1 aliphatic heterocycles. The van der Waals surface area contributed by atoms with Crippen LogP contribution in [0.5, 0.6) is 0 Å². The smallest absolute Gasteiger partial charge is 0.324 e. The zero-order valence-corrected chi connectivity index (χ0v) is 16.0. The third-order valence-electron chi connectivity index (χ3n) is 4.34. The second-order valence-electron chi connectivity index (χ2n) is 7.13. The molecule has 1 aliphatic rings. The third kappa shape index (κ3) is 5.98. The first-order chi connectivity index (χ1) is 12.8. The van der Waals surface area contributed by atoms with Gasteiger partial charge < -0.3 is 15.8 Å². The van der Waals surface area contributed by atoms with Crippen molar-refractivity contribution in [2.75, 3.05) is 19.7 Å². The molecule has 1 saturated heterocycles. The van der Waals surface area contributed by atoms with E-state index in [1.165, 1.54) is 6.07 Å². The molecule has 8 heteroatoms. The fourth-order valence-electron chi connectivity index (χ4n) is 2.86. The number of hydrogen-bond donors (Lipinski definition) is 3. The van der Waals surface area contributed by atoms with E-state index in [0.29, 0.717) is 12.1 Å². The predicted molar refractivity (Wildman–Crippen MR) is 98.4 cm³/mol. The van der Waals surface area contributed by atoms with Crippen molar-refractivity contribution in [1.29, 1.82) is 0 Å². The van der Waals surface area contributed by atoms with Crippen LogP contribution in [-0.2, 0) is 14.4 Å². The lowest BCUT2D eigenvalue weighted by Gasteiger charge is -2.17. The first-order valence-corrected chi connectivity index (χ1v) is 9.21. The summed E-state index contributed by atoms with van der Waals surface area (Å²) in [4.78, 5) is 29.6. The maximum absolute atomic E-state index is 14.0. The summed E-state index contributed by atoms with van der Waals surface area (Å²) in [7, 11) is 0. The van der Waals surface area contributed by atoms with Gasteiger partial charge in [-0.2, -0.15) is 0 Å². The lowest BCUT2D eigenvalue weighted by molar-refractivity contribution is -0.146. The van der Waals surface area contributed by atoms with Gasteiger partial charge in [0.15, 0.2) is 0 Å². The predicted octanol–water partition coefficient (Wildman–Crippen LogP) is 1.48. The van der Waals surface area contributed by atoms with E-state index in [0.717, 1.165) is 12.5 Å². The summed E-state index contributed by atoms with van der Waals surface area (Å²) in [6, 6.07) is 3.24. The number of carbonyl (C=O) groups is 2. The normalized spacial score (nSPS) is 20.5. The number of hydrogen-bond acceptors (Lipinski definition) is 6. The Labute approximate surface area is 158 Å². The standard InChI is InChI=1S/C19H28FN3O4/c1-4-17-15(8-23-27-17)12-5-13(7-14(20)6-12)18(24)22-9-16(21)19(25)26-10-11(2)3/h5-7,11,15-17,23H,4,8-10,21H2,1-3H3,(H,22,24)/t15?,16-,17?/m1/s1. The van der Waals surface area contributed by atoms with Crippen LogP contribution in [0.3, 0.4) is 0 Å². The van der Waals surface area contributed by atoms with E-state index in [4.69, 9.17) is 15.3 Å². The van der Waals surface area contributed by atoms with Gasteiger partial charge in [0.05, 0.1) is 12.7 Å². The van der Waals surface area contributed by atoms with Crippen molar-refractivity contribution < 1.29 is 23.6 Å². The highest BCUT2D eigenvalue weighted by Gasteiger charge is 2.29. The minimum absolute atomic E-state index is 0.0366. The van der Waals surface area contributed by atoms with Crippen molar-refractivity contribution in [2.24, 2.45) is 11.7 Å². The topological polar surface area (TPSA) is 103 Å². The molecule has 1 aromatic carbocycles. The van der Waals surface area contributed by atoms with Crippen molar-refractivity contribution in [3.8, 4) is 0 Å². The largest absolute Gasteiger partial charge is 0.464 e. The van der Waals surface area contributed by atoms with Crippen LogP contribution in [-0.4, -0.2) is 43.7 Å². The van der Waals surface area contributed by atoms with Crippen LogP contribution in [0.25, 0.3) is 0 Å². The number of esters is 1. The van der Waals surface area contributed by atoms with Gasteiger partial charge in [-0.25, -0.2) is 9.87 Å². The molecule has 0 bridgehead atoms. The van der Waals surface area contributed by atoms with Gasteiger partial charge in [0.2, 0.25) is 0 Å². The van der Waals surface area contributed by atoms with Crippen LogP contribution in [0.1, 0.15) is 49.0 Å². The van der Waals surface area contributed by atoms with Gasteiger partial charge in [0.25, 0.3) is 5.91 Å². The van der Waals surface area contributed by atoms with Gasteiger partial charge in [-0.3, -0.25) is 14.4 Å². The Morgan fingerprint density at radius 2 is 2.15 bits per heavy atom. The average Bonchev–Trinajstić information content (AvgIpc) is 3.12. The molecule has 1 heterocycles. The first kappa shape index (κ1) is 21.3. The summed E-state index contributed by atoms with van der Waals surface area (Å²) in [5, 5.41) is 2.56. The fraction of sp³-hybridized carbons (Fsp3) is 0.579. The Morgan fingerprint density at radius 3 is 2.81 bits per heavy atom. The Kier molecular flexibility index (Phi) is 7.70. The lowest BCUT2D eigenvalue weighted by Crippen LogP contribution is -2.43. The van der Waals surface area contributed by atoms with Gasteiger partial charge in [0.1, 0.15) is 11.9 Å². The number of nitrogens with two attached hydrogens (primary N) is 1. The van der Waals surface area contributed by atoms with Gasteiger partial charge in [-0.15, -0.1) is 0 Å². The molecule has 4 N–H and O–H groups in total. The number of amides is 1. The molecular formula is C19H28FN3O4. The van der Waals surface area contributed by atoms with Crippen molar-refractivity contribution in [3.63, 3.8) is 0 Å². The molecular weight excluding hydrogens is 353 g/mol. The molecule has 1 fully saturated rings. The maximum Gasteiger partial charge on any atom is 0.324 e. The van der Waals surface area contributed by atoms with Gasteiger partial charge in [-0.05, 0) is 36.1 Å². The molecule has 150 valence electrons. The van der Waals surface area contributed by atoms with Crippen molar-refractivity contribution in [2.45, 2.75) is 45.3 Å². The Balaban J connectivity index is 1.99. The second-order valence-corrected chi connectivity index (χ2v) is 7.13. The number of benzene rings is 1. The number of halogens is 1. The molecule has 0 spiro atoms. The van der Waals surface area contributed by atoms with Crippen molar-refractivity contribution in [1.82, 2.24) is 10.8 Å². The van der Waals surface area contributed by atoms with Gasteiger partial charge in [-0.1, -0.05) is 20.8 Å². The number of hydroxylamine groups is 1. The zero-order chi connectivity index (χ0) is 20.0. The molecule has 3 atom stereocenters. The van der Waals surface area contributed by atoms with E-state index in [1.54, 1.807) is 6.07 Å². The average molecular weight is 381 g/mol. The van der Waals surface area contributed by atoms with Crippen LogP contribution in [0.2, 0.25) is 0 Å². The van der Waals surface area contributed by atoms with Crippen LogP contribution in [0.15, 0.2) is 18.2 Å². The van der Waals surface area contributed by atoms with Crippen LogP contribution in [0, 0.1) is 11.7 Å². The van der Waals surface area contributed by atoms with Crippen LogP contribution >= 0.6 is 0 Å². The quantitative estimate of drug-likeness (QED) is 0.590. The molecule has 7 nitrogen and oxygen atoms in total. The van der Waals surface area contributed by atoms with E-state index in [1.807, 2.05) is 20.8 Å². The molecule has 0 saturated carbocycles. The second kappa shape index (κ2) is 9.77. The van der Waals surface area contributed by atoms with Crippen LogP contribution in [0.4, 0.5) is 4.39 Å². The molecule has 2 unspecified atom stereocenters. The minimum Gasteiger partial charge on any atom is -0.464 e. The molecule has 1 aromatic rings. The highest BCUT2D eigenvalue weighted by atomic mass is 19.1. The first-order valence-electron chi connectivity index (χ1n) is 9.21. The summed E-state index contributed by atoms with van der Waals surface area (Å²) in [6.07, 6.45) is 0.690. The van der Waals surface area contributed by atoms with Crippen molar-refractivity contribution in [3.05, 3.63) is 35.1 Å². The maximum atomic E-state index is 14.0. The van der Waals surface area contributed by atoms with E-state index < -0.39 is 23.7 Å². The highest BCUT2D eigenvalue weighted by molar-refractivity contribution is 5.94. The molecule has 0 aliphatic carbocycles. The summed E-state index contributed by atoms with van der Waals surface area (Å²) in [5.41, 5.74) is 9.43. The Hall–Kier alpha value is -2.03. The highest BCUT2D eigenvalue weighted by Crippen LogP contribution is 2.28. The number of rotatable bonds is 8. The van der Waals surface area contributed by atoms with Gasteiger partial charge in [0, 0.05) is 24.6 Å². The third-order valence-corrected chi connectivity index (χ3v) is 4.34. The fourth-order valence-corrected chi connectivity index (χ4v) is 2.86. The lowest BCUT2D eigenvalue weighted by atomic mass is 9.91. The minimum atomic E-state index is -0.974. The van der Waals surface area contributed by atoms with E-state index in [2.05, 4.69) is 10.8 Å². The summed E-state index contributed by atoms with van der Waals surface area (Å²) >= 11 is 0. The van der Waals surface area contributed by atoms with Gasteiger partial charge >= 0.3 is 5.97 Å². The Bertz CT molecular complexity index is 668. The van der Waals surface area contributed by atoms with Crippen LogP contribution < -0.4 is 16.5 Å². The molecule has 0 aromatic heterocycles. The van der Waals surface area contributed by atoms with E-state index in [-0.39, 0.29) is 36.7 Å². The molecule has 27 heavy (non-hydrogen) atoms. The Morgan fingerprint density at radius 1 is 1.41 bits per heavy atom. The molecule has 0 radical (unpaired) electrons. The number of nitrogens with one attached hydrogen (secondary N) is 2. The number of ether oxygens (including phenoxy) is 1. The summed E-state index contributed by atoms with van der Waals surface area (Å²) in [5.74, 6) is -1.42. The monoisotopic (exact) mass is 381 g/mol. The van der Waals surface area contributed by atoms with E-state index in [9.17, 15) is 14.0 Å². The summed E-state index contributed by atoms with van der Waals surface area (Å²) in [6.45, 7) is 6.54.